The third kappa shape index (κ3) is 3.64. The maximum atomic E-state index is 12.8. The van der Waals surface area contributed by atoms with E-state index in [9.17, 15) is 4.79 Å². The van der Waals surface area contributed by atoms with Gasteiger partial charge in [0.1, 0.15) is 0 Å². The number of nitrogens with one attached hydrogen (secondary N) is 1. The first-order chi connectivity index (χ1) is 11.5. The van der Waals surface area contributed by atoms with E-state index in [2.05, 4.69) is 43.3 Å². The molecule has 1 aromatic rings. The van der Waals surface area contributed by atoms with Crippen LogP contribution in [0.5, 0.6) is 0 Å². The fraction of sp³-hybridized carbons (Fsp3) is 0.700. The Morgan fingerprint density at radius 2 is 2.12 bits per heavy atom. The largest absolute Gasteiger partial charge is 0.338 e. The van der Waals surface area contributed by atoms with E-state index in [1.54, 1.807) is 0 Å². The molecule has 1 amide bonds. The highest BCUT2D eigenvalue weighted by Crippen LogP contribution is 2.31. The third-order valence-electron chi connectivity index (χ3n) is 5.70. The van der Waals surface area contributed by atoms with Crippen molar-refractivity contribution in [2.75, 3.05) is 19.6 Å². The molecule has 1 saturated heterocycles. The van der Waals surface area contributed by atoms with Crippen molar-refractivity contribution in [2.24, 2.45) is 5.92 Å². The second-order valence-corrected chi connectivity index (χ2v) is 8.00. The summed E-state index contributed by atoms with van der Waals surface area (Å²) in [6.07, 6.45) is 7.23. The van der Waals surface area contributed by atoms with E-state index >= 15 is 0 Å². The van der Waals surface area contributed by atoms with Gasteiger partial charge in [-0.05, 0) is 48.9 Å². The van der Waals surface area contributed by atoms with E-state index in [1.165, 1.54) is 23.2 Å². The predicted molar refractivity (Wildman–Crippen MR) is 96.9 cm³/mol. The molecule has 0 aromatic carbocycles. The molecule has 0 unspecified atom stereocenters. The summed E-state index contributed by atoms with van der Waals surface area (Å²) in [5, 5.41) is 3.34. The Labute approximate surface area is 146 Å². The minimum Gasteiger partial charge on any atom is -0.338 e. The normalized spacial score (nSPS) is 19.2. The van der Waals surface area contributed by atoms with Gasteiger partial charge >= 0.3 is 0 Å². The molecule has 132 valence electrons. The van der Waals surface area contributed by atoms with Gasteiger partial charge in [-0.15, -0.1) is 0 Å². The lowest BCUT2D eigenvalue weighted by Crippen LogP contribution is -2.43. The van der Waals surface area contributed by atoms with Crippen molar-refractivity contribution in [3.63, 3.8) is 0 Å². The lowest BCUT2D eigenvalue weighted by atomic mass is 9.80. The number of rotatable bonds is 4. The van der Waals surface area contributed by atoms with Gasteiger partial charge in [0.15, 0.2) is 0 Å². The van der Waals surface area contributed by atoms with E-state index in [4.69, 9.17) is 4.98 Å². The fourth-order valence-electron chi connectivity index (χ4n) is 4.08. The molecule has 0 atom stereocenters. The number of aromatic nitrogens is 1. The standard InChI is InChI=1S/C20H31N3O/c1-4-8-20(2,3)17-12-16-14-23(11-7-18(16)22-13-17)19(24)15-5-9-21-10-6-15/h12-13,15,21H,4-11,14H2,1-3H3. The molecule has 0 radical (unpaired) electrons. The molecule has 4 nitrogen and oxygen atoms in total. The Balaban J connectivity index is 1.75. The minimum absolute atomic E-state index is 0.151. The molecule has 3 heterocycles. The predicted octanol–water partition coefficient (Wildman–Crippen LogP) is 3.04. The number of carbonyl (C=O) groups is 1. The summed E-state index contributed by atoms with van der Waals surface area (Å²) in [6, 6.07) is 2.31. The highest BCUT2D eigenvalue weighted by atomic mass is 16.2. The number of nitrogens with zero attached hydrogens (tertiary/aromatic N) is 2. The molecule has 1 aromatic heterocycles. The van der Waals surface area contributed by atoms with Crippen LogP contribution in [-0.4, -0.2) is 35.4 Å². The van der Waals surface area contributed by atoms with Crippen molar-refractivity contribution < 1.29 is 4.79 Å². The molecule has 2 aliphatic rings. The van der Waals surface area contributed by atoms with Crippen LogP contribution in [0.2, 0.25) is 0 Å². The van der Waals surface area contributed by atoms with Crippen LogP contribution in [0, 0.1) is 5.92 Å². The summed E-state index contributed by atoms with van der Waals surface area (Å²) in [6.45, 7) is 10.3. The molecule has 3 rings (SSSR count). The zero-order chi connectivity index (χ0) is 17.2. The van der Waals surface area contributed by atoms with E-state index in [0.29, 0.717) is 5.91 Å². The van der Waals surface area contributed by atoms with Gasteiger partial charge in [0, 0.05) is 37.3 Å². The average Bonchev–Trinajstić information content (AvgIpc) is 2.61. The topological polar surface area (TPSA) is 45.2 Å². The molecule has 2 aliphatic heterocycles. The van der Waals surface area contributed by atoms with Gasteiger partial charge in [-0.3, -0.25) is 9.78 Å². The fourth-order valence-corrected chi connectivity index (χ4v) is 4.08. The van der Waals surface area contributed by atoms with Gasteiger partial charge in [-0.25, -0.2) is 0 Å². The first-order valence-electron chi connectivity index (χ1n) is 9.49. The monoisotopic (exact) mass is 329 g/mol. The van der Waals surface area contributed by atoms with E-state index in [-0.39, 0.29) is 11.3 Å². The van der Waals surface area contributed by atoms with Crippen LogP contribution in [0.15, 0.2) is 12.3 Å². The Bertz CT molecular complexity index is 591. The number of pyridine rings is 1. The summed E-state index contributed by atoms with van der Waals surface area (Å²) in [4.78, 5) is 19.6. The van der Waals surface area contributed by atoms with Gasteiger partial charge in [0.2, 0.25) is 5.91 Å². The molecule has 0 spiro atoms. The van der Waals surface area contributed by atoms with E-state index in [0.717, 1.165) is 51.9 Å². The Morgan fingerprint density at radius 1 is 1.38 bits per heavy atom. The van der Waals surface area contributed by atoms with E-state index in [1.807, 2.05) is 0 Å². The van der Waals surface area contributed by atoms with Gasteiger partial charge in [-0.2, -0.15) is 0 Å². The van der Waals surface area contributed by atoms with Crippen molar-refractivity contribution in [1.29, 1.82) is 0 Å². The number of amides is 1. The van der Waals surface area contributed by atoms with Crippen LogP contribution < -0.4 is 5.32 Å². The van der Waals surface area contributed by atoms with Crippen molar-refractivity contribution in [3.05, 3.63) is 29.1 Å². The molecule has 24 heavy (non-hydrogen) atoms. The summed E-state index contributed by atoms with van der Waals surface area (Å²) >= 11 is 0. The van der Waals surface area contributed by atoms with Crippen LogP contribution in [0.1, 0.15) is 63.3 Å². The van der Waals surface area contributed by atoms with Crippen molar-refractivity contribution in [1.82, 2.24) is 15.2 Å². The Kier molecular flexibility index (Phi) is 5.24. The summed E-state index contributed by atoms with van der Waals surface area (Å²) < 4.78 is 0. The van der Waals surface area contributed by atoms with Crippen molar-refractivity contribution >= 4 is 5.91 Å². The highest BCUT2D eigenvalue weighted by Gasteiger charge is 2.29. The van der Waals surface area contributed by atoms with E-state index < -0.39 is 0 Å². The second-order valence-electron chi connectivity index (χ2n) is 8.00. The number of fused-ring (bicyclic) bond motifs is 1. The molecule has 1 N–H and O–H groups in total. The van der Waals surface area contributed by atoms with Crippen LogP contribution in [0.4, 0.5) is 0 Å². The van der Waals surface area contributed by atoms with Crippen LogP contribution >= 0.6 is 0 Å². The van der Waals surface area contributed by atoms with Crippen molar-refractivity contribution in [2.45, 2.75) is 64.8 Å². The first-order valence-corrected chi connectivity index (χ1v) is 9.49. The van der Waals surface area contributed by atoms with Crippen LogP contribution in [0.3, 0.4) is 0 Å². The first kappa shape index (κ1) is 17.4. The molecule has 1 fully saturated rings. The Hall–Kier alpha value is -1.42. The quantitative estimate of drug-likeness (QED) is 0.923. The number of hydrogen-bond donors (Lipinski definition) is 1. The highest BCUT2D eigenvalue weighted by molar-refractivity contribution is 5.79. The zero-order valence-electron chi connectivity index (χ0n) is 15.4. The molecule has 0 saturated carbocycles. The third-order valence-corrected chi connectivity index (χ3v) is 5.70. The maximum Gasteiger partial charge on any atom is 0.226 e. The second kappa shape index (κ2) is 7.22. The smallest absolute Gasteiger partial charge is 0.226 e. The molecule has 0 aliphatic carbocycles. The average molecular weight is 329 g/mol. The number of piperidine rings is 1. The molecular formula is C20H31N3O. The minimum atomic E-state index is 0.151. The number of hydrogen-bond acceptors (Lipinski definition) is 3. The number of carbonyl (C=O) groups excluding carboxylic acids is 1. The maximum absolute atomic E-state index is 12.8. The van der Waals surface area contributed by atoms with Crippen LogP contribution in [0.25, 0.3) is 0 Å². The van der Waals surface area contributed by atoms with Crippen LogP contribution in [-0.2, 0) is 23.2 Å². The summed E-state index contributed by atoms with van der Waals surface area (Å²) in [5.41, 5.74) is 3.89. The van der Waals surface area contributed by atoms with Gasteiger partial charge < -0.3 is 10.2 Å². The summed E-state index contributed by atoms with van der Waals surface area (Å²) in [5.74, 6) is 0.556. The van der Waals surface area contributed by atoms with Gasteiger partial charge in [0.05, 0.1) is 0 Å². The van der Waals surface area contributed by atoms with Gasteiger partial charge in [0.25, 0.3) is 0 Å². The lowest BCUT2D eigenvalue weighted by molar-refractivity contribution is -0.137. The lowest BCUT2D eigenvalue weighted by Gasteiger charge is -2.34. The molecule has 4 heteroatoms. The summed E-state index contributed by atoms with van der Waals surface area (Å²) in [7, 11) is 0. The molecule has 0 bridgehead atoms. The zero-order valence-corrected chi connectivity index (χ0v) is 15.4. The van der Waals surface area contributed by atoms with Gasteiger partial charge in [-0.1, -0.05) is 33.3 Å². The SMILES string of the molecule is CCCC(C)(C)c1cnc2c(c1)CN(C(=O)C1CCNCC1)CC2. The Morgan fingerprint density at radius 3 is 2.83 bits per heavy atom. The van der Waals surface area contributed by atoms with Crippen molar-refractivity contribution in [3.8, 4) is 0 Å². The molecular weight excluding hydrogens is 298 g/mol.